The van der Waals surface area contributed by atoms with Crippen molar-refractivity contribution in [2.24, 2.45) is 0 Å². The lowest BCUT2D eigenvalue weighted by molar-refractivity contribution is -0.394. The van der Waals surface area contributed by atoms with Crippen LogP contribution in [-0.2, 0) is 12.4 Å². The van der Waals surface area contributed by atoms with Gasteiger partial charge in [0.1, 0.15) is 5.69 Å². The lowest BCUT2D eigenvalue weighted by Gasteiger charge is -2.20. The molecule has 1 N–H and O–H groups in total. The van der Waals surface area contributed by atoms with Crippen LogP contribution in [0.2, 0.25) is 10.0 Å². The first-order chi connectivity index (χ1) is 13.6. The number of nitrogens with one attached hydrogen (secondary N) is 1. The second-order valence-electron chi connectivity index (χ2n) is 5.43. The van der Waals surface area contributed by atoms with Crippen LogP contribution in [0.1, 0.15) is 11.1 Å². The molecular weight excluding hydrogens is 539 g/mol. The topological polar surface area (TPSA) is 98.3 Å². The van der Waals surface area contributed by atoms with E-state index in [4.69, 9.17) is 23.2 Å². The highest BCUT2D eigenvalue weighted by Crippen LogP contribution is 2.49. The molecule has 0 radical (unpaired) electrons. The minimum Gasteiger partial charge on any atom is -0.348 e. The minimum absolute atomic E-state index is 0.0476. The molecule has 0 spiro atoms. The van der Waals surface area contributed by atoms with Gasteiger partial charge in [-0.1, -0.05) is 23.2 Å². The second-order valence-corrected chi connectivity index (χ2v) is 7.01. The SMILES string of the molecule is O=[N+]([O-])c1cc([N+](=O)[O-])c(Nc2c(C(F)(F)F)cc(Cl)c(Cl)c2Br)c(C(F)(F)F)c1. The van der Waals surface area contributed by atoms with Crippen molar-refractivity contribution in [3.05, 3.63) is 64.1 Å². The van der Waals surface area contributed by atoms with Gasteiger partial charge in [-0.25, -0.2) is 0 Å². The Kier molecular flexibility index (Phi) is 6.45. The number of benzene rings is 2. The summed E-state index contributed by atoms with van der Waals surface area (Å²) in [4.78, 5) is 19.4. The molecule has 0 fully saturated rings. The van der Waals surface area contributed by atoms with Gasteiger partial charge in [0, 0.05) is 6.07 Å². The van der Waals surface area contributed by atoms with Crippen molar-refractivity contribution in [2.75, 3.05) is 5.32 Å². The van der Waals surface area contributed by atoms with Crippen molar-refractivity contribution in [1.82, 2.24) is 0 Å². The summed E-state index contributed by atoms with van der Waals surface area (Å²) >= 11 is 14.0. The molecule has 162 valence electrons. The number of nitrogens with zero attached hydrogens (tertiary/aromatic N) is 2. The molecule has 30 heavy (non-hydrogen) atoms. The number of anilines is 2. The third kappa shape index (κ3) is 4.70. The quantitative estimate of drug-likeness (QED) is 0.188. The maximum Gasteiger partial charge on any atom is 0.418 e. The van der Waals surface area contributed by atoms with E-state index in [1.165, 1.54) is 0 Å². The van der Waals surface area contributed by atoms with Gasteiger partial charge in [0.05, 0.1) is 47.2 Å². The molecular formula is C14H4BrCl2F6N3O4. The Hall–Kier alpha value is -2.32. The molecule has 0 bridgehead atoms. The van der Waals surface area contributed by atoms with Crippen LogP contribution in [0.3, 0.4) is 0 Å². The molecule has 0 heterocycles. The summed E-state index contributed by atoms with van der Waals surface area (Å²) in [5.41, 5.74) is -8.87. The first-order valence-corrected chi connectivity index (χ1v) is 8.66. The van der Waals surface area contributed by atoms with Gasteiger partial charge in [-0.3, -0.25) is 20.2 Å². The van der Waals surface area contributed by atoms with Gasteiger partial charge in [0.25, 0.3) is 11.4 Å². The molecule has 0 saturated carbocycles. The van der Waals surface area contributed by atoms with E-state index in [1.54, 1.807) is 5.32 Å². The van der Waals surface area contributed by atoms with Crippen molar-refractivity contribution in [1.29, 1.82) is 0 Å². The number of non-ortho nitro benzene ring substituents is 1. The van der Waals surface area contributed by atoms with Crippen LogP contribution >= 0.6 is 39.1 Å². The highest BCUT2D eigenvalue weighted by molar-refractivity contribution is 9.10. The molecule has 0 aliphatic carbocycles. The Labute approximate surface area is 180 Å². The number of rotatable bonds is 4. The third-order valence-corrected chi connectivity index (χ3v) is 5.34. The van der Waals surface area contributed by atoms with Gasteiger partial charge in [0.2, 0.25) is 0 Å². The fraction of sp³-hybridized carbons (Fsp3) is 0.143. The minimum atomic E-state index is -5.40. The Morgan fingerprint density at radius 1 is 0.867 bits per heavy atom. The Bertz CT molecular complexity index is 1060. The van der Waals surface area contributed by atoms with Crippen LogP contribution in [-0.4, -0.2) is 9.85 Å². The summed E-state index contributed by atoms with van der Waals surface area (Å²) < 4.78 is 79.9. The molecule has 2 aromatic carbocycles. The average Bonchev–Trinajstić information content (AvgIpc) is 2.59. The lowest BCUT2D eigenvalue weighted by Crippen LogP contribution is -2.15. The van der Waals surface area contributed by atoms with Gasteiger partial charge < -0.3 is 5.32 Å². The Morgan fingerprint density at radius 3 is 1.80 bits per heavy atom. The maximum atomic E-state index is 13.5. The van der Waals surface area contributed by atoms with E-state index in [0.29, 0.717) is 6.07 Å². The van der Waals surface area contributed by atoms with E-state index in [-0.39, 0.29) is 12.1 Å². The lowest BCUT2D eigenvalue weighted by atomic mass is 10.1. The van der Waals surface area contributed by atoms with Crippen LogP contribution < -0.4 is 5.32 Å². The molecule has 0 aliphatic heterocycles. The van der Waals surface area contributed by atoms with Gasteiger partial charge >= 0.3 is 12.4 Å². The predicted molar refractivity (Wildman–Crippen MR) is 97.2 cm³/mol. The molecule has 16 heteroatoms. The van der Waals surface area contributed by atoms with E-state index >= 15 is 0 Å². The van der Waals surface area contributed by atoms with Crippen molar-refractivity contribution in [3.8, 4) is 0 Å². The fourth-order valence-corrected chi connectivity index (χ4v) is 3.28. The zero-order valence-corrected chi connectivity index (χ0v) is 16.8. The molecule has 0 aromatic heterocycles. The van der Waals surface area contributed by atoms with E-state index in [2.05, 4.69) is 15.9 Å². The number of hydrogen-bond acceptors (Lipinski definition) is 5. The second kappa shape index (κ2) is 8.07. The van der Waals surface area contributed by atoms with Crippen LogP contribution in [0.4, 0.5) is 49.1 Å². The summed E-state index contributed by atoms with van der Waals surface area (Å²) in [7, 11) is 0. The van der Waals surface area contributed by atoms with Crippen LogP contribution in [0.25, 0.3) is 0 Å². The highest BCUT2D eigenvalue weighted by Gasteiger charge is 2.42. The number of halogens is 9. The first kappa shape index (κ1) is 24.0. The third-order valence-electron chi connectivity index (χ3n) is 3.53. The standard InChI is InChI=1S/C14H4BrCl2F6N3O4/c15-9-10(17)7(16)3-6(14(21,22)23)12(9)24-11-5(13(18,19)20)1-4(25(27)28)2-8(11)26(29)30/h1-3,24H. The van der Waals surface area contributed by atoms with Crippen LogP contribution in [0.15, 0.2) is 22.7 Å². The largest absolute Gasteiger partial charge is 0.418 e. The number of nitro benzene ring substituents is 2. The normalized spacial score (nSPS) is 12.0. The number of nitro groups is 2. The molecule has 7 nitrogen and oxygen atoms in total. The van der Waals surface area contributed by atoms with Gasteiger partial charge in [0.15, 0.2) is 0 Å². The summed E-state index contributed by atoms with van der Waals surface area (Å²) in [5.74, 6) is 0. The molecule has 0 aliphatic rings. The van der Waals surface area contributed by atoms with Gasteiger partial charge in [-0.05, 0) is 22.0 Å². The zero-order valence-electron chi connectivity index (χ0n) is 13.7. The van der Waals surface area contributed by atoms with Crippen LogP contribution in [0, 0.1) is 20.2 Å². The van der Waals surface area contributed by atoms with Crippen molar-refractivity contribution in [2.45, 2.75) is 12.4 Å². The smallest absolute Gasteiger partial charge is 0.348 e. The zero-order chi connectivity index (χ0) is 23.2. The number of hydrogen-bond donors (Lipinski definition) is 1. The first-order valence-electron chi connectivity index (χ1n) is 7.11. The Balaban J connectivity index is 2.92. The van der Waals surface area contributed by atoms with Gasteiger partial charge in [-0.2, -0.15) is 26.3 Å². The summed E-state index contributed by atoms with van der Waals surface area (Å²) in [6.45, 7) is 0. The molecule has 0 atom stereocenters. The summed E-state index contributed by atoms with van der Waals surface area (Å²) in [6, 6.07) is 0.436. The monoisotopic (exact) mass is 541 g/mol. The van der Waals surface area contributed by atoms with E-state index in [1.807, 2.05) is 0 Å². The van der Waals surface area contributed by atoms with Crippen LogP contribution in [0.5, 0.6) is 0 Å². The van der Waals surface area contributed by atoms with E-state index in [9.17, 15) is 46.6 Å². The molecule has 2 aromatic rings. The summed E-state index contributed by atoms with van der Waals surface area (Å²) in [6.07, 6.45) is -10.6. The Morgan fingerprint density at radius 2 is 1.37 bits per heavy atom. The van der Waals surface area contributed by atoms with E-state index in [0.717, 1.165) is 0 Å². The molecule has 0 saturated heterocycles. The molecule has 0 unspecified atom stereocenters. The average molecular weight is 543 g/mol. The maximum absolute atomic E-state index is 13.5. The van der Waals surface area contributed by atoms with Gasteiger partial charge in [-0.15, -0.1) is 0 Å². The predicted octanol–water partition coefficient (Wildman–Crippen LogP) is 7.35. The highest BCUT2D eigenvalue weighted by atomic mass is 79.9. The molecule has 0 amide bonds. The fourth-order valence-electron chi connectivity index (χ4n) is 2.28. The molecule has 2 rings (SSSR count). The van der Waals surface area contributed by atoms with Crippen molar-refractivity contribution < 1.29 is 36.2 Å². The van der Waals surface area contributed by atoms with Crippen molar-refractivity contribution >= 4 is 61.9 Å². The van der Waals surface area contributed by atoms with Crippen molar-refractivity contribution in [3.63, 3.8) is 0 Å². The summed E-state index contributed by atoms with van der Waals surface area (Å²) in [5, 5.41) is 22.7. The number of alkyl halides is 6. The van der Waals surface area contributed by atoms with E-state index < -0.39 is 70.6 Å².